The Hall–Kier alpha value is -0.160. The average Bonchev–Trinajstić information content (AvgIpc) is 2.04. The molecule has 0 aromatic carbocycles. The van der Waals surface area contributed by atoms with E-state index in [1.54, 1.807) is 7.11 Å². The third kappa shape index (κ3) is 7.74. The molecule has 0 spiro atoms. The van der Waals surface area contributed by atoms with Crippen molar-refractivity contribution in [3.8, 4) is 0 Å². The van der Waals surface area contributed by atoms with E-state index in [9.17, 15) is 0 Å². The van der Waals surface area contributed by atoms with Gasteiger partial charge in [-0.2, -0.15) is 0 Å². The van der Waals surface area contributed by atoms with Gasteiger partial charge in [0.05, 0.1) is 19.3 Å². The van der Waals surface area contributed by atoms with E-state index in [1.807, 2.05) is 0 Å². The second kappa shape index (κ2) is 7.94. The van der Waals surface area contributed by atoms with Gasteiger partial charge in [-0.15, -0.1) is 0 Å². The molecule has 0 amide bonds. The molecule has 0 radical (unpaired) electrons. The number of aliphatic hydroxyl groups is 2. The third-order valence-corrected chi connectivity index (χ3v) is 1.35. The van der Waals surface area contributed by atoms with Crippen molar-refractivity contribution in [2.75, 3.05) is 33.4 Å². The van der Waals surface area contributed by atoms with Gasteiger partial charge in [-0.1, -0.05) is 0 Å². The maximum absolute atomic E-state index is 8.89. The first-order chi connectivity index (χ1) is 5.31. The van der Waals surface area contributed by atoms with Gasteiger partial charge in [0.1, 0.15) is 0 Å². The lowest BCUT2D eigenvalue weighted by atomic mass is 10.3. The molecule has 1 atom stereocenters. The van der Waals surface area contributed by atoms with Gasteiger partial charge < -0.3 is 20.3 Å². The molecule has 0 bridgehead atoms. The van der Waals surface area contributed by atoms with Crippen LogP contribution in [0.3, 0.4) is 0 Å². The number of methoxy groups -OCH3 is 1. The second-order valence-corrected chi connectivity index (χ2v) is 2.37. The topological polar surface area (TPSA) is 61.7 Å². The molecule has 0 saturated heterocycles. The van der Waals surface area contributed by atoms with Crippen LogP contribution in [0.1, 0.15) is 6.42 Å². The Morgan fingerprint density at radius 2 is 2.18 bits per heavy atom. The molecule has 0 unspecified atom stereocenters. The van der Waals surface area contributed by atoms with Crippen molar-refractivity contribution in [3.05, 3.63) is 0 Å². The molecule has 0 aromatic heterocycles. The summed E-state index contributed by atoms with van der Waals surface area (Å²) in [6, 6.07) is 0. The summed E-state index contributed by atoms with van der Waals surface area (Å²) in [5.74, 6) is 0. The predicted molar refractivity (Wildman–Crippen MR) is 42.5 cm³/mol. The van der Waals surface area contributed by atoms with E-state index in [1.165, 1.54) is 0 Å². The van der Waals surface area contributed by atoms with Crippen LogP contribution in [0.2, 0.25) is 0 Å². The molecule has 0 aliphatic carbocycles. The third-order valence-electron chi connectivity index (χ3n) is 1.35. The molecule has 0 aliphatic rings. The fourth-order valence-corrected chi connectivity index (χ4v) is 0.659. The smallest absolute Gasteiger partial charge is 0.0783 e. The van der Waals surface area contributed by atoms with Gasteiger partial charge in [0, 0.05) is 13.7 Å². The Bertz CT molecular complexity index is 80.1. The van der Waals surface area contributed by atoms with Crippen molar-refractivity contribution < 1.29 is 14.9 Å². The van der Waals surface area contributed by atoms with Gasteiger partial charge in [0.2, 0.25) is 0 Å². The molecule has 0 saturated carbocycles. The molecule has 0 rings (SSSR count). The molecule has 4 heteroatoms. The summed E-state index contributed by atoms with van der Waals surface area (Å²) < 4.78 is 4.80. The van der Waals surface area contributed by atoms with Crippen LogP contribution in [0.25, 0.3) is 0 Å². The van der Waals surface area contributed by atoms with Gasteiger partial charge >= 0.3 is 0 Å². The van der Waals surface area contributed by atoms with E-state index >= 15 is 0 Å². The SMILES string of the molecule is COCCNCC[C@H](O)CO. The summed E-state index contributed by atoms with van der Waals surface area (Å²) >= 11 is 0. The quantitative estimate of drug-likeness (QED) is 0.420. The Morgan fingerprint density at radius 3 is 2.73 bits per heavy atom. The van der Waals surface area contributed by atoms with Crippen LogP contribution in [0, 0.1) is 0 Å². The van der Waals surface area contributed by atoms with Crippen LogP contribution < -0.4 is 5.32 Å². The summed E-state index contributed by atoms with van der Waals surface area (Å²) in [6.07, 6.45) is -0.00901. The van der Waals surface area contributed by atoms with Gasteiger partial charge in [-0.3, -0.25) is 0 Å². The highest BCUT2D eigenvalue weighted by molar-refractivity contribution is 4.55. The molecule has 3 N–H and O–H groups in total. The van der Waals surface area contributed by atoms with Crippen LogP contribution in [-0.2, 0) is 4.74 Å². The highest BCUT2D eigenvalue weighted by atomic mass is 16.5. The van der Waals surface area contributed by atoms with Crippen LogP contribution >= 0.6 is 0 Å². The summed E-state index contributed by atoms with van der Waals surface area (Å²) in [7, 11) is 1.64. The fraction of sp³-hybridized carbons (Fsp3) is 1.00. The van der Waals surface area contributed by atoms with Gasteiger partial charge in [-0.25, -0.2) is 0 Å². The van der Waals surface area contributed by atoms with Crippen molar-refractivity contribution in [1.82, 2.24) is 5.32 Å². The van der Waals surface area contributed by atoms with E-state index in [2.05, 4.69) is 5.32 Å². The molecule has 11 heavy (non-hydrogen) atoms. The number of hydrogen-bond acceptors (Lipinski definition) is 4. The minimum absolute atomic E-state index is 0.161. The molecule has 0 aromatic rings. The maximum Gasteiger partial charge on any atom is 0.0783 e. The van der Waals surface area contributed by atoms with Crippen molar-refractivity contribution in [1.29, 1.82) is 0 Å². The van der Waals surface area contributed by atoms with Crippen molar-refractivity contribution in [2.24, 2.45) is 0 Å². The monoisotopic (exact) mass is 163 g/mol. The Morgan fingerprint density at radius 1 is 1.45 bits per heavy atom. The minimum atomic E-state index is -0.593. The zero-order valence-electron chi connectivity index (χ0n) is 6.92. The second-order valence-electron chi connectivity index (χ2n) is 2.37. The number of ether oxygens (including phenoxy) is 1. The van der Waals surface area contributed by atoms with Crippen molar-refractivity contribution >= 4 is 0 Å². The number of aliphatic hydroxyl groups excluding tert-OH is 2. The molecular formula is C7H17NO3. The largest absolute Gasteiger partial charge is 0.394 e. The summed E-state index contributed by atoms with van der Waals surface area (Å²) in [6.45, 7) is 2.01. The average molecular weight is 163 g/mol. The van der Waals surface area contributed by atoms with Crippen LogP contribution in [-0.4, -0.2) is 49.7 Å². The van der Waals surface area contributed by atoms with Gasteiger partial charge in [0.15, 0.2) is 0 Å². The Labute approximate surface area is 67.2 Å². The van der Waals surface area contributed by atoms with Crippen LogP contribution in [0.5, 0.6) is 0 Å². The normalized spacial score (nSPS) is 13.4. The van der Waals surface area contributed by atoms with Crippen LogP contribution in [0.15, 0.2) is 0 Å². The highest BCUT2D eigenvalue weighted by Crippen LogP contribution is 1.86. The molecule has 68 valence electrons. The molecule has 0 heterocycles. The van der Waals surface area contributed by atoms with Gasteiger partial charge in [-0.05, 0) is 13.0 Å². The van der Waals surface area contributed by atoms with E-state index in [-0.39, 0.29) is 6.61 Å². The first-order valence-electron chi connectivity index (χ1n) is 3.79. The van der Waals surface area contributed by atoms with Gasteiger partial charge in [0.25, 0.3) is 0 Å². The summed E-state index contributed by atoms with van der Waals surface area (Å²) in [5, 5.41) is 20.4. The first kappa shape index (κ1) is 10.8. The van der Waals surface area contributed by atoms with Crippen molar-refractivity contribution in [2.45, 2.75) is 12.5 Å². The van der Waals surface area contributed by atoms with E-state index in [0.717, 1.165) is 6.54 Å². The predicted octanol–water partition coefficient (Wildman–Crippen LogP) is -1.03. The molecule has 0 aliphatic heterocycles. The lowest BCUT2D eigenvalue weighted by Gasteiger charge is -2.07. The first-order valence-corrected chi connectivity index (χ1v) is 3.79. The molecule has 4 nitrogen and oxygen atoms in total. The fourth-order valence-electron chi connectivity index (χ4n) is 0.659. The molecule has 0 fully saturated rings. The zero-order chi connectivity index (χ0) is 8.53. The van der Waals surface area contributed by atoms with E-state index in [4.69, 9.17) is 14.9 Å². The molecular weight excluding hydrogens is 146 g/mol. The number of nitrogens with one attached hydrogen (secondary N) is 1. The Balaban J connectivity index is 2.89. The minimum Gasteiger partial charge on any atom is -0.394 e. The maximum atomic E-state index is 8.89. The lowest BCUT2D eigenvalue weighted by molar-refractivity contribution is 0.0877. The van der Waals surface area contributed by atoms with E-state index < -0.39 is 6.10 Å². The summed E-state index contributed by atoms with van der Waals surface area (Å²) in [5.41, 5.74) is 0. The number of rotatable bonds is 7. The van der Waals surface area contributed by atoms with E-state index in [0.29, 0.717) is 19.6 Å². The number of hydrogen-bond donors (Lipinski definition) is 3. The van der Waals surface area contributed by atoms with Crippen molar-refractivity contribution in [3.63, 3.8) is 0 Å². The Kier molecular flexibility index (Phi) is 7.83. The zero-order valence-corrected chi connectivity index (χ0v) is 6.92. The lowest BCUT2D eigenvalue weighted by Crippen LogP contribution is -2.25. The standard InChI is InChI=1S/C7H17NO3/c1-11-5-4-8-3-2-7(10)6-9/h7-10H,2-6H2,1H3/t7-/m0/s1. The van der Waals surface area contributed by atoms with Crippen LogP contribution in [0.4, 0.5) is 0 Å². The summed E-state index contributed by atoms with van der Waals surface area (Å²) in [4.78, 5) is 0. The highest BCUT2D eigenvalue weighted by Gasteiger charge is 1.99.